The number of amides is 1. The second-order valence-corrected chi connectivity index (χ2v) is 5.03. The molecule has 0 aliphatic heterocycles. The summed E-state index contributed by atoms with van der Waals surface area (Å²) in [4.78, 5) is 12.2. The van der Waals surface area contributed by atoms with Gasteiger partial charge < -0.3 is 11.1 Å². The van der Waals surface area contributed by atoms with Gasteiger partial charge in [0.15, 0.2) is 0 Å². The van der Waals surface area contributed by atoms with Crippen molar-refractivity contribution in [3.63, 3.8) is 0 Å². The van der Waals surface area contributed by atoms with Crippen LogP contribution < -0.4 is 11.1 Å². The fourth-order valence-corrected chi connectivity index (χ4v) is 2.27. The molecule has 3 N–H and O–H groups in total. The van der Waals surface area contributed by atoms with E-state index < -0.39 is 5.41 Å². The van der Waals surface area contributed by atoms with Gasteiger partial charge in [-0.1, -0.05) is 18.0 Å². The predicted octanol–water partition coefficient (Wildman–Crippen LogP) is 2.28. The van der Waals surface area contributed by atoms with Crippen molar-refractivity contribution in [3.8, 4) is 6.07 Å². The van der Waals surface area contributed by atoms with Crippen LogP contribution in [0.4, 0.5) is 5.69 Å². The first-order valence-electron chi connectivity index (χ1n) is 5.82. The number of anilines is 1. The molecule has 0 aromatic heterocycles. The molecule has 94 valence electrons. The Kier molecular flexibility index (Phi) is 3.55. The summed E-state index contributed by atoms with van der Waals surface area (Å²) in [6.07, 6.45) is 2.63. The Morgan fingerprint density at radius 1 is 1.56 bits per heavy atom. The molecule has 1 aromatic carbocycles. The molecule has 0 heterocycles. The number of carbonyl (C=O) groups excluding carboxylic acids is 1. The molecule has 1 aromatic rings. The van der Waals surface area contributed by atoms with Gasteiger partial charge in [-0.05, 0) is 31.0 Å². The van der Waals surface area contributed by atoms with Crippen molar-refractivity contribution in [1.29, 1.82) is 5.26 Å². The van der Waals surface area contributed by atoms with E-state index in [2.05, 4.69) is 5.32 Å². The third-order valence-corrected chi connectivity index (χ3v) is 3.77. The number of nitrogens with two attached hydrogens (primary N) is 1. The quantitative estimate of drug-likeness (QED) is 0.878. The number of nitrogens with zero attached hydrogens (tertiary/aromatic N) is 1. The monoisotopic (exact) mass is 263 g/mol. The molecule has 0 bridgehead atoms. The molecule has 18 heavy (non-hydrogen) atoms. The van der Waals surface area contributed by atoms with Crippen LogP contribution in [0, 0.1) is 16.7 Å². The van der Waals surface area contributed by atoms with Gasteiger partial charge in [0, 0.05) is 11.6 Å². The van der Waals surface area contributed by atoms with Crippen molar-refractivity contribution in [1.82, 2.24) is 0 Å². The van der Waals surface area contributed by atoms with Gasteiger partial charge in [-0.15, -0.1) is 0 Å². The zero-order valence-corrected chi connectivity index (χ0v) is 10.6. The number of rotatable bonds is 3. The molecule has 1 fully saturated rings. The van der Waals surface area contributed by atoms with Gasteiger partial charge in [-0.25, -0.2) is 0 Å². The van der Waals surface area contributed by atoms with Crippen LogP contribution >= 0.6 is 11.6 Å². The first-order chi connectivity index (χ1) is 8.61. The molecule has 0 atom stereocenters. The number of halogens is 1. The van der Waals surface area contributed by atoms with Gasteiger partial charge in [0.2, 0.25) is 5.91 Å². The van der Waals surface area contributed by atoms with E-state index in [1.54, 1.807) is 18.2 Å². The second-order valence-electron chi connectivity index (χ2n) is 4.59. The zero-order valence-electron chi connectivity index (χ0n) is 9.87. The third-order valence-electron chi connectivity index (χ3n) is 3.53. The molecule has 1 saturated carbocycles. The standard InChI is InChI=1S/C13H14ClN3O/c14-10-3-2-9(7-15)11(6-10)17-12(18)13(8-16)4-1-5-13/h2-3,6H,1,4-5,8,16H2,(H,17,18). The first-order valence-corrected chi connectivity index (χ1v) is 6.20. The van der Waals surface area contributed by atoms with E-state index in [1.165, 1.54) is 0 Å². The predicted molar refractivity (Wildman–Crippen MR) is 70.1 cm³/mol. The molecule has 0 radical (unpaired) electrons. The SMILES string of the molecule is N#Cc1ccc(Cl)cc1NC(=O)C1(CN)CCC1. The van der Waals surface area contributed by atoms with Gasteiger partial charge >= 0.3 is 0 Å². The van der Waals surface area contributed by atoms with Crippen LogP contribution in [-0.2, 0) is 4.79 Å². The van der Waals surface area contributed by atoms with Gasteiger partial charge in [0.1, 0.15) is 6.07 Å². The Balaban J connectivity index is 2.21. The average Bonchev–Trinajstić information content (AvgIpc) is 2.28. The largest absolute Gasteiger partial charge is 0.329 e. The second kappa shape index (κ2) is 4.97. The van der Waals surface area contributed by atoms with E-state index in [0.29, 0.717) is 22.8 Å². The van der Waals surface area contributed by atoms with Crippen LogP contribution in [0.5, 0.6) is 0 Å². The third kappa shape index (κ3) is 2.20. The lowest BCUT2D eigenvalue weighted by Gasteiger charge is -2.39. The molecule has 1 aliphatic carbocycles. The van der Waals surface area contributed by atoms with Gasteiger partial charge in [-0.3, -0.25) is 4.79 Å². The maximum Gasteiger partial charge on any atom is 0.231 e. The number of hydrogen-bond acceptors (Lipinski definition) is 3. The van der Waals surface area contributed by atoms with Crippen LogP contribution in [0.2, 0.25) is 5.02 Å². The van der Waals surface area contributed by atoms with Gasteiger partial charge in [0.25, 0.3) is 0 Å². The number of nitrogens with one attached hydrogen (secondary N) is 1. The molecule has 0 saturated heterocycles. The van der Waals surface area contributed by atoms with Crippen LogP contribution in [-0.4, -0.2) is 12.5 Å². The van der Waals surface area contributed by atoms with Crippen LogP contribution in [0.15, 0.2) is 18.2 Å². The van der Waals surface area contributed by atoms with E-state index in [4.69, 9.17) is 22.6 Å². The molecule has 4 nitrogen and oxygen atoms in total. The highest BCUT2D eigenvalue weighted by Crippen LogP contribution is 2.41. The minimum atomic E-state index is -0.463. The Morgan fingerprint density at radius 3 is 2.78 bits per heavy atom. The minimum absolute atomic E-state index is 0.116. The molecular weight excluding hydrogens is 250 g/mol. The van der Waals surface area contributed by atoms with Crippen molar-refractivity contribution in [2.45, 2.75) is 19.3 Å². The molecule has 1 aliphatic rings. The first kappa shape index (κ1) is 12.9. The maximum atomic E-state index is 12.2. The molecule has 5 heteroatoms. The minimum Gasteiger partial charge on any atom is -0.329 e. The summed E-state index contributed by atoms with van der Waals surface area (Å²) in [6.45, 7) is 0.335. The number of benzene rings is 1. The van der Waals surface area contributed by atoms with E-state index in [-0.39, 0.29) is 5.91 Å². The van der Waals surface area contributed by atoms with Crippen LogP contribution in [0.3, 0.4) is 0 Å². The Bertz CT molecular complexity index is 512. The van der Waals surface area contributed by atoms with Crippen molar-refractivity contribution in [3.05, 3.63) is 28.8 Å². The maximum absolute atomic E-state index is 12.2. The number of nitriles is 1. The average molecular weight is 264 g/mol. The van der Waals surface area contributed by atoms with Crippen LogP contribution in [0.1, 0.15) is 24.8 Å². The summed E-state index contributed by atoms with van der Waals surface area (Å²) in [5, 5.41) is 12.2. The molecular formula is C13H14ClN3O. The van der Waals surface area contributed by atoms with Gasteiger partial charge in [0.05, 0.1) is 16.7 Å². The van der Waals surface area contributed by atoms with E-state index >= 15 is 0 Å². The highest BCUT2D eigenvalue weighted by atomic mass is 35.5. The molecule has 1 amide bonds. The highest BCUT2D eigenvalue weighted by Gasteiger charge is 2.42. The van der Waals surface area contributed by atoms with Crippen molar-refractivity contribution in [2.24, 2.45) is 11.1 Å². The fraction of sp³-hybridized carbons (Fsp3) is 0.385. The lowest BCUT2D eigenvalue weighted by molar-refractivity contribution is -0.129. The Hall–Kier alpha value is -1.57. The summed E-state index contributed by atoms with van der Waals surface area (Å²) in [7, 11) is 0. The molecule has 2 rings (SSSR count). The van der Waals surface area contributed by atoms with Crippen molar-refractivity contribution >= 4 is 23.2 Å². The Labute approximate surface area is 111 Å². The topological polar surface area (TPSA) is 78.9 Å². The summed E-state index contributed by atoms with van der Waals surface area (Å²) in [5.41, 5.74) is 6.06. The smallest absolute Gasteiger partial charge is 0.231 e. The summed E-state index contributed by atoms with van der Waals surface area (Å²) >= 11 is 5.87. The fourth-order valence-electron chi connectivity index (χ4n) is 2.10. The zero-order chi connectivity index (χ0) is 13.2. The lowest BCUT2D eigenvalue weighted by Crippen LogP contribution is -2.47. The lowest BCUT2D eigenvalue weighted by atomic mass is 9.68. The normalized spacial score (nSPS) is 16.5. The number of hydrogen-bond donors (Lipinski definition) is 2. The summed E-state index contributed by atoms with van der Waals surface area (Å²) in [5.74, 6) is -0.116. The number of carbonyl (C=O) groups is 1. The van der Waals surface area contributed by atoms with Crippen molar-refractivity contribution in [2.75, 3.05) is 11.9 Å². The van der Waals surface area contributed by atoms with E-state index in [0.717, 1.165) is 19.3 Å². The van der Waals surface area contributed by atoms with E-state index in [1.807, 2.05) is 6.07 Å². The van der Waals surface area contributed by atoms with Crippen LogP contribution in [0.25, 0.3) is 0 Å². The highest BCUT2D eigenvalue weighted by molar-refractivity contribution is 6.31. The van der Waals surface area contributed by atoms with Crippen molar-refractivity contribution < 1.29 is 4.79 Å². The Morgan fingerprint density at radius 2 is 2.28 bits per heavy atom. The molecule has 0 spiro atoms. The molecule has 0 unspecified atom stereocenters. The summed E-state index contributed by atoms with van der Waals surface area (Å²) in [6, 6.07) is 6.83. The van der Waals surface area contributed by atoms with E-state index in [9.17, 15) is 4.79 Å². The summed E-state index contributed by atoms with van der Waals surface area (Å²) < 4.78 is 0. The van der Waals surface area contributed by atoms with Gasteiger partial charge in [-0.2, -0.15) is 5.26 Å².